The van der Waals surface area contributed by atoms with E-state index in [1.165, 1.54) is 22.4 Å². The van der Waals surface area contributed by atoms with Crippen molar-refractivity contribution < 1.29 is 4.52 Å². The van der Waals surface area contributed by atoms with Gasteiger partial charge in [0.25, 0.3) is 0 Å². The van der Waals surface area contributed by atoms with Gasteiger partial charge in [-0.25, -0.2) is 0 Å². The smallest absolute Gasteiger partial charge is 0.149 e. The van der Waals surface area contributed by atoms with Crippen LogP contribution in [0.4, 0.5) is 5.69 Å². The molecule has 1 N–H and O–H groups in total. The molecule has 0 spiro atoms. The van der Waals surface area contributed by atoms with Crippen LogP contribution in [0.1, 0.15) is 35.1 Å². The second-order valence-electron chi connectivity index (χ2n) is 6.56. The molecule has 1 aliphatic heterocycles. The number of hydrogen-bond donors (Lipinski definition) is 1. The van der Waals surface area contributed by atoms with Gasteiger partial charge in [-0.15, -0.1) is 0 Å². The van der Waals surface area contributed by atoms with E-state index in [1.54, 1.807) is 0 Å². The number of rotatable bonds is 3. The third-order valence-corrected chi connectivity index (χ3v) is 4.73. The molecular formula is C20H20N2O. The SMILES string of the molecule is Cc1cc(C2(C)CNc3cc(Cc4ccccc4)ccc32)on1. The molecule has 0 radical (unpaired) electrons. The molecule has 23 heavy (non-hydrogen) atoms. The van der Waals surface area contributed by atoms with Crippen molar-refractivity contribution in [1.82, 2.24) is 5.16 Å². The van der Waals surface area contributed by atoms with Gasteiger partial charge in [-0.2, -0.15) is 0 Å². The van der Waals surface area contributed by atoms with Gasteiger partial charge in [0.2, 0.25) is 0 Å². The maximum Gasteiger partial charge on any atom is 0.149 e. The number of benzene rings is 2. The highest BCUT2D eigenvalue weighted by Crippen LogP contribution is 2.42. The molecule has 2 aromatic carbocycles. The Kier molecular flexibility index (Phi) is 3.22. The van der Waals surface area contributed by atoms with Crippen molar-refractivity contribution >= 4 is 5.69 Å². The van der Waals surface area contributed by atoms with E-state index in [-0.39, 0.29) is 5.41 Å². The highest BCUT2D eigenvalue weighted by atomic mass is 16.5. The first-order valence-corrected chi connectivity index (χ1v) is 8.00. The first-order valence-electron chi connectivity index (χ1n) is 8.00. The van der Waals surface area contributed by atoms with E-state index in [2.05, 4.69) is 65.9 Å². The second-order valence-corrected chi connectivity index (χ2v) is 6.56. The number of aromatic nitrogens is 1. The topological polar surface area (TPSA) is 38.1 Å². The summed E-state index contributed by atoms with van der Waals surface area (Å²) in [6.45, 7) is 5.01. The molecule has 0 bridgehead atoms. The molecule has 3 aromatic rings. The molecule has 0 saturated carbocycles. The van der Waals surface area contributed by atoms with Gasteiger partial charge in [0.15, 0.2) is 0 Å². The molecule has 116 valence electrons. The van der Waals surface area contributed by atoms with Crippen LogP contribution in [0.25, 0.3) is 0 Å². The van der Waals surface area contributed by atoms with Crippen LogP contribution < -0.4 is 5.32 Å². The maximum atomic E-state index is 5.54. The fourth-order valence-corrected chi connectivity index (χ4v) is 3.37. The molecular weight excluding hydrogens is 284 g/mol. The summed E-state index contributed by atoms with van der Waals surface area (Å²) < 4.78 is 5.54. The van der Waals surface area contributed by atoms with Gasteiger partial charge in [-0.3, -0.25) is 0 Å². The fraction of sp³-hybridized carbons (Fsp3) is 0.250. The van der Waals surface area contributed by atoms with Gasteiger partial charge in [0.1, 0.15) is 5.76 Å². The molecule has 4 rings (SSSR count). The summed E-state index contributed by atoms with van der Waals surface area (Å²) in [5.74, 6) is 0.928. The average Bonchev–Trinajstić information content (AvgIpc) is 3.14. The van der Waals surface area contributed by atoms with Gasteiger partial charge in [0.05, 0.1) is 11.1 Å². The van der Waals surface area contributed by atoms with Crippen LogP contribution in [-0.4, -0.2) is 11.7 Å². The summed E-state index contributed by atoms with van der Waals surface area (Å²) in [6, 6.07) is 19.3. The summed E-state index contributed by atoms with van der Waals surface area (Å²) in [4.78, 5) is 0. The third-order valence-electron chi connectivity index (χ3n) is 4.73. The van der Waals surface area contributed by atoms with E-state index in [0.717, 1.165) is 24.4 Å². The Morgan fingerprint density at radius 1 is 1.09 bits per heavy atom. The predicted octanol–water partition coefficient (Wildman–Crippen LogP) is 4.31. The van der Waals surface area contributed by atoms with Crippen LogP contribution in [0.15, 0.2) is 59.1 Å². The number of fused-ring (bicyclic) bond motifs is 1. The van der Waals surface area contributed by atoms with Crippen molar-refractivity contribution in [2.45, 2.75) is 25.7 Å². The van der Waals surface area contributed by atoms with Crippen molar-refractivity contribution in [2.75, 3.05) is 11.9 Å². The molecule has 1 unspecified atom stereocenters. The lowest BCUT2D eigenvalue weighted by atomic mass is 9.81. The first kappa shape index (κ1) is 14.1. The molecule has 3 heteroatoms. The normalized spacial score (nSPS) is 19.4. The molecule has 1 aliphatic rings. The summed E-state index contributed by atoms with van der Waals surface area (Å²) in [5.41, 5.74) is 5.91. The Morgan fingerprint density at radius 3 is 2.65 bits per heavy atom. The Hall–Kier alpha value is -2.55. The van der Waals surface area contributed by atoms with Crippen LogP contribution >= 0.6 is 0 Å². The summed E-state index contributed by atoms with van der Waals surface area (Å²) in [7, 11) is 0. The van der Waals surface area contributed by atoms with Crippen molar-refractivity contribution in [3.05, 3.63) is 82.7 Å². The number of anilines is 1. The lowest BCUT2D eigenvalue weighted by molar-refractivity contribution is 0.338. The quantitative estimate of drug-likeness (QED) is 0.783. The van der Waals surface area contributed by atoms with E-state index in [4.69, 9.17) is 4.52 Å². The van der Waals surface area contributed by atoms with Gasteiger partial charge in [-0.1, -0.05) is 47.6 Å². The lowest BCUT2D eigenvalue weighted by Gasteiger charge is -2.20. The van der Waals surface area contributed by atoms with Crippen LogP contribution in [0.3, 0.4) is 0 Å². The molecule has 0 amide bonds. The Balaban J connectivity index is 1.66. The minimum absolute atomic E-state index is 0.151. The van der Waals surface area contributed by atoms with Crippen LogP contribution in [0.2, 0.25) is 0 Å². The molecule has 3 nitrogen and oxygen atoms in total. The molecule has 1 aromatic heterocycles. The zero-order valence-electron chi connectivity index (χ0n) is 13.5. The summed E-state index contributed by atoms with van der Waals surface area (Å²) in [5, 5.41) is 7.59. The largest absolute Gasteiger partial charge is 0.383 e. The van der Waals surface area contributed by atoms with Gasteiger partial charge in [-0.05, 0) is 43.0 Å². The highest BCUT2D eigenvalue weighted by molar-refractivity contribution is 5.64. The fourth-order valence-electron chi connectivity index (χ4n) is 3.37. The van der Waals surface area contributed by atoms with Crippen LogP contribution in [0.5, 0.6) is 0 Å². The number of hydrogen-bond acceptors (Lipinski definition) is 3. The van der Waals surface area contributed by atoms with Crippen molar-refractivity contribution in [1.29, 1.82) is 0 Å². The van der Waals surface area contributed by atoms with Crippen LogP contribution in [-0.2, 0) is 11.8 Å². The van der Waals surface area contributed by atoms with Crippen molar-refractivity contribution in [2.24, 2.45) is 0 Å². The number of aryl methyl sites for hydroxylation is 1. The first-order chi connectivity index (χ1) is 11.1. The van der Waals surface area contributed by atoms with E-state index in [0.29, 0.717) is 0 Å². The lowest BCUT2D eigenvalue weighted by Crippen LogP contribution is -2.25. The minimum Gasteiger partial charge on any atom is -0.383 e. The Labute approximate surface area is 136 Å². The van der Waals surface area contributed by atoms with E-state index in [9.17, 15) is 0 Å². The summed E-state index contributed by atoms with van der Waals surface area (Å²) in [6.07, 6.45) is 0.952. The monoisotopic (exact) mass is 304 g/mol. The molecule has 0 fully saturated rings. The molecule has 2 heterocycles. The number of nitrogens with zero attached hydrogens (tertiary/aromatic N) is 1. The number of nitrogens with one attached hydrogen (secondary N) is 1. The molecule has 1 atom stereocenters. The third kappa shape index (κ3) is 2.42. The minimum atomic E-state index is -0.151. The molecule has 0 saturated heterocycles. The summed E-state index contributed by atoms with van der Waals surface area (Å²) >= 11 is 0. The van der Waals surface area contributed by atoms with Crippen molar-refractivity contribution in [3.63, 3.8) is 0 Å². The van der Waals surface area contributed by atoms with E-state index in [1.807, 2.05) is 13.0 Å². The zero-order chi connectivity index (χ0) is 15.9. The van der Waals surface area contributed by atoms with Gasteiger partial charge >= 0.3 is 0 Å². The zero-order valence-corrected chi connectivity index (χ0v) is 13.5. The van der Waals surface area contributed by atoms with Crippen molar-refractivity contribution in [3.8, 4) is 0 Å². The standard InChI is InChI=1S/C20H20N2O/c1-14-10-19(23-22-14)20(2)13-21-18-12-16(8-9-17(18)20)11-15-6-4-3-5-7-15/h3-10,12,21H,11,13H2,1-2H3. The highest BCUT2D eigenvalue weighted by Gasteiger charge is 2.39. The van der Waals surface area contributed by atoms with Gasteiger partial charge in [0, 0.05) is 18.3 Å². The van der Waals surface area contributed by atoms with Crippen LogP contribution in [0, 0.1) is 6.92 Å². The van der Waals surface area contributed by atoms with E-state index >= 15 is 0 Å². The van der Waals surface area contributed by atoms with E-state index < -0.39 is 0 Å². The second kappa shape index (κ2) is 5.27. The predicted molar refractivity (Wildman–Crippen MR) is 91.9 cm³/mol. The molecule has 0 aliphatic carbocycles. The Morgan fingerprint density at radius 2 is 1.91 bits per heavy atom. The van der Waals surface area contributed by atoms with Gasteiger partial charge < -0.3 is 9.84 Å². The Bertz CT molecular complexity index is 838. The average molecular weight is 304 g/mol. The maximum absolute atomic E-state index is 5.54.